The summed E-state index contributed by atoms with van der Waals surface area (Å²) in [4.78, 5) is 17.9. The minimum absolute atomic E-state index is 0.121. The van der Waals surface area contributed by atoms with Gasteiger partial charge in [-0.15, -0.1) is 13.2 Å². The first-order valence-electron chi connectivity index (χ1n) is 10.2. The lowest BCUT2D eigenvalue weighted by molar-refractivity contribution is -0.274. The van der Waals surface area contributed by atoms with Crippen LogP contribution in [-0.2, 0) is 11.3 Å². The predicted molar refractivity (Wildman–Crippen MR) is 114 cm³/mol. The maximum Gasteiger partial charge on any atom is 0.573 e. The molecule has 0 radical (unpaired) electrons. The monoisotopic (exact) mass is 456 g/mol. The average Bonchev–Trinajstić information content (AvgIpc) is 3.11. The lowest BCUT2D eigenvalue weighted by atomic mass is 9.99. The van der Waals surface area contributed by atoms with Gasteiger partial charge in [-0.25, -0.2) is 4.79 Å². The Hall–Kier alpha value is -3.66. The fourth-order valence-electron chi connectivity index (χ4n) is 4.31. The number of aryl methyl sites for hydroxylation is 2. The highest BCUT2D eigenvalue weighted by Gasteiger charge is 2.32. The Bertz CT molecular complexity index is 1400. The zero-order chi connectivity index (χ0) is 23.3. The molecular weight excluding hydrogens is 437 g/mol. The molecule has 3 heterocycles. The number of para-hydroxylation sites is 1. The van der Waals surface area contributed by atoms with Crippen molar-refractivity contribution in [2.45, 2.75) is 32.9 Å². The Kier molecular flexibility index (Phi) is 4.97. The Morgan fingerprint density at radius 3 is 2.76 bits per heavy atom. The summed E-state index contributed by atoms with van der Waals surface area (Å²) in [5, 5.41) is 8.96. The third-order valence-electron chi connectivity index (χ3n) is 5.63. The highest BCUT2D eigenvalue weighted by atomic mass is 19.4. The quantitative estimate of drug-likeness (QED) is 0.463. The second-order valence-corrected chi connectivity index (χ2v) is 7.86. The van der Waals surface area contributed by atoms with Crippen LogP contribution in [0.3, 0.4) is 0 Å². The number of benzene rings is 2. The van der Waals surface area contributed by atoms with Gasteiger partial charge in [0.1, 0.15) is 5.75 Å². The van der Waals surface area contributed by atoms with Crippen LogP contribution in [0, 0.1) is 13.8 Å². The number of alkyl halides is 3. The largest absolute Gasteiger partial charge is 0.573 e. The van der Waals surface area contributed by atoms with E-state index in [4.69, 9.17) is 4.74 Å². The number of ether oxygens (including phenoxy) is 2. The Morgan fingerprint density at radius 2 is 1.97 bits per heavy atom. The van der Waals surface area contributed by atoms with Crippen molar-refractivity contribution in [1.82, 2.24) is 20.1 Å². The first-order chi connectivity index (χ1) is 15.7. The molecule has 7 nitrogen and oxygen atoms in total. The Balaban J connectivity index is 1.50. The molecule has 1 atom stereocenters. The molecule has 1 aliphatic heterocycles. The third kappa shape index (κ3) is 3.86. The molecule has 1 N–H and O–H groups in total. The summed E-state index contributed by atoms with van der Waals surface area (Å²) in [7, 11) is 0. The van der Waals surface area contributed by atoms with Gasteiger partial charge in [0.2, 0.25) is 0 Å². The molecule has 5 rings (SSSR count). The van der Waals surface area contributed by atoms with Crippen molar-refractivity contribution in [2.75, 3.05) is 6.61 Å². The zero-order valence-electron chi connectivity index (χ0n) is 17.7. The van der Waals surface area contributed by atoms with E-state index >= 15 is 0 Å². The van der Waals surface area contributed by atoms with E-state index in [9.17, 15) is 18.0 Å². The van der Waals surface area contributed by atoms with Crippen LogP contribution in [-0.4, -0.2) is 33.8 Å². The van der Waals surface area contributed by atoms with Gasteiger partial charge in [0, 0.05) is 16.5 Å². The molecule has 0 bridgehead atoms. The summed E-state index contributed by atoms with van der Waals surface area (Å²) in [6.45, 7) is 3.99. The number of carbonyl (C=O) groups excluding carboxylic acids is 1. The molecule has 1 aliphatic rings. The number of pyridine rings is 1. The van der Waals surface area contributed by atoms with Gasteiger partial charge in [0.05, 0.1) is 36.0 Å². The first-order valence-corrected chi connectivity index (χ1v) is 10.2. The van der Waals surface area contributed by atoms with Crippen molar-refractivity contribution in [3.63, 3.8) is 0 Å². The van der Waals surface area contributed by atoms with Crippen molar-refractivity contribution in [2.24, 2.45) is 0 Å². The number of rotatable bonds is 2. The molecule has 4 aromatic rings. The van der Waals surface area contributed by atoms with E-state index in [2.05, 4.69) is 20.1 Å². The van der Waals surface area contributed by atoms with Gasteiger partial charge in [-0.1, -0.05) is 24.3 Å². The molecule has 10 heteroatoms. The molecule has 0 fully saturated rings. The van der Waals surface area contributed by atoms with Crippen LogP contribution < -0.4 is 10.1 Å². The zero-order valence-corrected chi connectivity index (χ0v) is 17.7. The number of hydrogen-bond acceptors (Lipinski definition) is 5. The maximum absolute atomic E-state index is 13.3. The number of aromatic nitrogens is 3. The lowest BCUT2D eigenvalue weighted by Gasteiger charge is -2.27. The van der Waals surface area contributed by atoms with Crippen molar-refractivity contribution in [3.8, 4) is 5.75 Å². The normalized spacial score (nSPS) is 16.1. The molecular formula is C23H19F3N4O3. The molecule has 0 saturated heterocycles. The highest BCUT2D eigenvalue weighted by molar-refractivity contribution is 6.08. The van der Waals surface area contributed by atoms with Crippen LogP contribution in [0.5, 0.6) is 5.75 Å². The number of fused-ring (bicyclic) bond motifs is 4. The van der Waals surface area contributed by atoms with Gasteiger partial charge in [-0.2, -0.15) is 9.78 Å². The topological polar surface area (TPSA) is 78.3 Å². The smallest absolute Gasteiger partial charge is 0.406 e. The molecule has 2 aromatic heterocycles. The fourth-order valence-corrected chi connectivity index (χ4v) is 4.31. The molecule has 33 heavy (non-hydrogen) atoms. The number of carbonyl (C=O) groups is 1. The number of nitrogens with zero attached hydrogens (tertiary/aromatic N) is 3. The average molecular weight is 456 g/mol. The van der Waals surface area contributed by atoms with Gasteiger partial charge in [-0.3, -0.25) is 4.98 Å². The van der Waals surface area contributed by atoms with Crippen molar-refractivity contribution in [3.05, 3.63) is 65.0 Å². The van der Waals surface area contributed by atoms with Crippen molar-refractivity contribution >= 4 is 27.8 Å². The summed E-state index contributed by atoms with van der Waals surface area (Å²) < 4.78 is 48.5. The molecule has 0 aliphatic carbocycles. The van der Waals surface area contributed by atoms with Gasteiger partial charge < -0.3 is 14.8 Å². The Morgan fingerprint density at radius 1 is 1.18 bits per heavy atom. The van der Waals surface area contributed by atoms with E-state index < -0.39 is 18.4 Å². The van der Waals surface area contributed by atoms with Gasteiger partial charge in [0.15, 0.2) is 0 Å². The first kappa shape index (κ1) is 21.2. The third-order valence-corrected chi connectivity index (χ3v) is 5.63. The van der Waals surface area contributed by atoms with E-state index in [-0.39, 0.29) is 19.0 Å². The minimum Gasteiger partial charge on any atom is -0.406 e. The van der Waals surface area contributed by atoms with Gasteiger partial charge in [0.25, 0.3) is 0 Å². The molecule has 2 aromatic carbocycles. The molecule has 0 spiro atoms. The Labute approximate surface area is 186 Å². The van der Waals surface area contributed by atoms with Crippen molar-refractivity contribution in [1.29, 1.82) is 0 Å². The van der Waals surface area contributed by atoms with E-state index in [0.29, 0.717) is 22.3 Å². The second-order valence-electron chi connectivity index (χ2n) is 7.86. The van der Waals surface area contributed by atoms with Crippen LogP contribution in [0.25, 0.3) is 21.8 Å². The number of nitrogens with one attached hydrogen (secondary N) is 1. The molecule has 170 valence electrons. The van der Waals surface area contributed by atoms with Gasteiger partial charge >= 0.3 is 12.4 Å². The lowest BCUT2D eigenvalue weighted by Crippen LogP contribution is -2.37. The van der Waals surface area contributed by atoms with E-state index in [1.54, 1.807) is 0 Å². The predicted octanol–water partition coefficient (Wildman–Crippen LogP) is 4.93. The van der Waals surface area contributed by atoms with Crippen LogP contribution >= 0.6 is 0 Å². The fraction of sp³-hybridized carbons (Fsp3) is 0.261. The van der Waals surface area contributed by atoms with E-state index in [0.717, 1.165) is 22.0 Å². The van der Waals surface area contributed by atoms with Crippen molar-refractivity contribution < 1.29 is 27.4 Å². The SMILES string of the molecule is Cc1nc2ccccc2c2c1c(C)nn2C(=O)N[C@@H]1COCc2cc(OC(F)(F)F)ccc21. The summed E-state index contributed by atoms with van der Waals surface area (Å²) in [5.74, 6) is -0.333. The number of amides is 1. The van der Waals surface area contributed by atoms with Gasteiger partial charge in [-0.05, 0) is 43.2 Å². The molecule has 0 unspecified atom stereocenters. The highest BCUT2D eigenvalue weighted by Crippen LogP contribution is 2.32. The summed E-state index contributed by atoms with van der Waals surface area (Å²) in [6.07, 6.45) is -4.79. The standard InChI is InChI=1S/C23H19F3N4O3/c1-12-20-13(2)29-30(21(20)17-5-3-4-6-18(17)27-12)22(31)28-19-11-32-10-14-9-15(7-8-16(14)19)33-23(24,25)26/h3-9,19H,10-11H2,1-2H3,(H,28,31)/t19-/m1/s1. The van der Waals surface area contributed by atoms with E-state index in [1.807, 2.05) is 38.1 Å². The van der Waals surface area contributed by atoms with Crippen LogP contribution in [0.1, 0.15) is 28.6 Å². The molecule has 1 amide bonds. The van der Waals surface area contributed by atoms with Crippen LogP contribution in [0.2, 0.25) is 0 Å². The number of hydrogen-bond donors (Lipinski definition) is 1. The summed E-state index contributed by atoms with van der Waals surface area (Å²) >= 11 is 0. The van der Waals surface area contributed by atoms with Crippen LogP contribution in [0.15, 0.2) is 42.5 Å². The number of halogens is 3. The van der Waals surface area contributed by atoms with E-state index in [1.165, 1.54) is 22.9 Å². The maximum atomic E-state index is 13.3. The minimum atomic E-state index is -4.79. The molecule has 0 saturated carbocycles. The second kappa shape index (κ2) is 7.73. The van der Waals surface area contributed by atoms with Crippen LogP contribution in [0.4, 0.5) is 18.0 Å². The summed E-state index contributed by atoms with van der Waals surface area (Å²) in [6, 6.07) is 10.5. The summed E-state index contributed by atoms with van der Waals surface area (Å²) in [5.41, 5.74) is 4.02.